The minimum absolute atomic E-state index is 0.0239. The topological polar surface area (TPSA) is 95.9 Å². The second kappa shape index (κ2) is 9.54. The lowest BCUT2D eigenvalue weighted by Gasteiger charge is -2.25. The number of thioether (sulfide) groups is 1. The van der Waals surface area contributed by atoms with Crippen molar-refractivity contribution in [1.82, 2.24) is 9.79 Å². The molecule has 0 aromatic heterocycles. The molecule has 0 saturated heterocycles. The SMILES string of the molecule is CC#CCOc1ccc(S(=O)(=O)N(C)C(CSC)C(=O)NO)cc1. The Morgan fingerprint density at radius 3 is 2.54 bits per heavy atom. The third kappa shape index (κ3) is 5.14. The van der Waals surface area contributed by atoms with Crippen molar-refractivity contribution in [1.29, 1.82) is 0 Å². The molecule has 0 spiro atoms. The number of amides is 1. The lowest BCUT2D eigenvalue weighted by molar-refractivity contribution is -0.132. The first-order valence-electron chi connectivity index (χ1n) is 6.91. The quantitative estimate of drug-likeness (QED) is 0.401. The lowest BCUT2D eigenvalue weighted by atomic mass is 10.3. The van der Waals surface area contributed by atoms with Gasteiger partial charge in [-0.15, -0.1) is 5.92 Å². The molecule has 1 aromatic carbocycles. The van der Waals surface area contributed by atoms with Crippen LogP contribution < -0.4 is 10.2 Å². The van der Waals surface area contributed by atoms with Gasteiger partial charge in [0.2, 0.25) is 10.0 Å². The summed E-state index contributed by atoms with van der Waals surface area (Å²) in [7, 11) is -2.59. The van der Waals surface area contributed by atoms with Crippen LogP contribution >= 0.6 is 11.8 Å². The average Bonchev–Trinajstić information content (AvgIpc) is 2.59. The highest BCUT2D eigenvalue weighted by Crippen LogP contribution is 2.21. The molecule has 1 amide bonds. The fourth-order valence-electron chi connectivity index (χ4n) is 1.81. The Hall–Kier alpha value is -1.73. The van der Waals surface area contributed by atoms with E-state index in [9.17, 15) is 13.2 Å². The normalized spacial score (nSPS) is 12.2. The summed E-state index contributed by atoms with van der Waals surface area (Å²) in [4.78, 5) is 11.7. The number of sulfonamides is 1. The predicted octanol–water partition coefficient (Wildman–Crippen LogP) is 0.946. The number of rotatable bonds is 8. The van der Waals surface area contributed by atoms with Gasteiger partial charge in [-0.05, 0) is 37.4 Å². The molecule has 7 nitrogen and oxygen atoms in total. The standard InChI is InChI=1S/C15H20N2O5S2/c1-4-5-10-22-12-6-8-13(9-7-12)24(20,21)17(2)14(11-23-3)15(18)16-19/h6-9,14,19H,10-11H2,1-3H3,(H,16,18). The highest BCUT2D eigenvalue weighted by atomic mass is 32.2. The number of hydrogen-bond donors (Lipinski definition) is 2. The summed E-state index contributed by atoms with van der Waals surface area (Å²) in [6, 6.07) is 4.81. The van der Waals surface area contributed by atoms with Gasteiger partial charge in [0.05, 0.1) is 4.90 Å². The Bertz CT molecular complexity index is 708. The molecule has 1 atom stereocenters. The van der Waals surface area contributed by atoms with Crippen LogP contribution in [-0.2, 0) is 14.8 Å². The summed E-state index contributed by atoms with van der Waals surface area (Å²) < 4.78 is 31.5. The Labute approximate surface area is 146 Å². The second-order valence-electron chi connectivity index (χ2n) is 4.66. The number of carbonyl (C=O) groups is 1. The first kappa shape index (κ1) is 20.3. The van der Waals surface area contributed by atoms with Crippen molar-refractivity contribution in [2.75, 3.05) is 25.7 Å². The van der Waals surface area contributed by atoms with Crippen molar-refractivity contribution < 1.29 is 23.2 Å². The summed E-state index contributed by atoms with van der Waals surface area (Å²) in [6.07, 6.45) is 1.74. The fraction of sp³-hybridized carbons (Fsp3) is 0.400. The fourth-order valence-corrected chi connectivity index (χ4v) is 3.91. The number of ether oxygens (including phenoxy) is 1. The molecule has 1 unspecified atom stereocenters. The molecule has 0 aliphatic heterocycles. The van der Waals surface area contributed by atoms with E-state index in [1.54, 1.807) is 13.2 Å². The molecule has 1 aromatic rings. The molecular weight excluding hydrogens is 352 g/mol. The molecule has 0 aliphatic carbocycles. The highest BCUT2D eigenvalue weighted by Gasteiger charge is 2.32. The van der Waals surface area contributed by atoms with E-state index in [-0.39, 0.29) is 17.3 Å². The maximum Gasteiger partial charge on any atom is 0.262 e. The van der Waals surface area contributed by atoms with Crippen LogP contribution in [-0.4, -0.2) is 55.5 Å². The summed E-state index contributed by atoms with van der Waals surface area (Å²) in [5, 5.41) is 8.80. The van der Waals surface area contributed by atoms with Crippen LogP contribution in [0.2, 0.25) is 0 Å². The Balaban J connectivity index is 3.00. The molecule has 24 heavy (non-hydrogen) atoms. The van der Waals surface area contributed by atoms with E-state index in [0.717, 1.165) is 4.31 Å². The molecule has 0 heterocycles. The van der Waals surface area contributed by atoms with Crippen molar-refractivity contribution in [3.8, 4) is 17.6 Å². The largest absolute Gasteiger partial charge is 0.481 e. The second-order valence-corrected chi connectivity index (χ2v) is 7.56. The number of hydrogen-bond acceptors (Lipinski definition) is 6. The zero-order valence-corrected chi connectivity index (χ0v) is 15.3. The highest BCUT2D eigenvalue weighted by molar-refractivity contribution is 7.98. The van der Waals surface area contributed by atoms with E-state index in [2.05, 4.69) is 11.8 Å². The zero-order chi connectivity index (χ0) is 18.2. The minimum Gasteiger partial charge on any atom is -0.481 e. The van der Waals surface area contributed by atoms with Gasteiger partial charge in [-0.1, -0.05) is 5.92 Å². The van der Waals surface area contributed by atoms with E-state index < -0.39 is 22.0 Å². The Morgan fingerprint density at radius 1 is 1.42 bits per heavy atom. The van der Waals surface area contributed by atoms with Crippen molar-refractivity contribution in [3.63, 3.8) is 0 Å². The molecule has 0 fully saturated rings. The average molecular weight is 372 g/mol. The van der Waals surface area contributed by atoms with Gasteiger partial charge in [0.25, 0.3) is 5.91 Å². The molecule has 2 N–H and O–H groups in total. The Morgan fingerprint density at radius 2 is 2.04 bits per heavy atom. The number of benzene rings is 1. The lowest BCUT2D eigenvalue weighted by Crippen LogP contribution is -2.48. The van der Waals surface area contributed by atoms with E-state index in [4.69, 9.17) is 9.94 Å². The molecule has 132 valence electrons. The van der Waals surface area contributed by atoms with Crippen molar-refractivity contribution in [2.24, 2.45) is 0 Å². The van der Waals surface area contributed by atoms with E-state index >= 15 is 0 Å². The van der Waals surface area contributed by atoms with Crippen LogP contribution in [0.5, 0.6) is 5.75 Å². The van der Waals surface area contributed by atoms with Gasteiger partial charge < -0.3 is 4.74 Å². The van der Waals surface area contributed by atoms with Crippen LogP contribution in [0.25, 0.3) is 0 Å². The molecule has 9 heteroatoms. The van der Waals surface area contributed by atoms with Gasteiger partial charge in [0.15, 0.2) is 0 Å². The van der Waals surface area contributed by atoms with Crippen molar-refractivity contribution in [2.45, 2.75) is 17.9 Å². The third-order valence-electron chi connectivity index (χ3n) is 3.16. The number of nitrogens with zero attached hydrogens (tertiary/aromatic N) is 1. The molecule has 0 bridgehead atoms. The first-order valence-corrected chi connectivity index (χ1v) is 9.75. The summed E-state index contributed by atoms with van der Waals surface area (Å²) in [6.45, 7) is 1.91. The summed E-state index contributed by atoms with van der Waals surface area (Å²) in [5.74, 6) is 5.35. The van der Waals surface area contributed by atoms with Crippen LogP contribution in [0.15, 0.2) is 29.2 Å². The Kier molecular flexibility index (Phi) is 8.07. The van der Waals surface area contributed by atoms with E-state index in [0.29, 0.717) is 5.75 Å². The van der Waals surface area contributed by atoms with Gasteiger partial charge in [-0.3, -0.25) is 10.0 Å². The molecule has 1 rings (SSSR count). The number of nitrogens with one attached hydrogen (secondary N) is 1. The maximum absolute atomic E-state index is 12.6. The van der Waals surface area contributed by atoms with E-state index in [1.807, 2.05) is 0 Å². The maximum atomic E-state index is 12.6. The van der Waals surface area contributed by atoms with Gasteiger partial charge in [0, 0.05) is 12.8 Å². The third-order valence-corrected chi connectivity index (χ3v) is 5.69. The zero-order valence-electron chi connectivity index (χ0n) is 13.6. The number of hydroxylamine groups is 1. The molecule has 0 aliphatic rings. The summed E-state index contributed by atoms with van der Waals surface area (Å²) >= 11 is 1.30. The first-order chi connectivity index (χ1) is 11.4. The molecule has 0 saturated carbocycles. The van der Waals surface area contributed by atoms with Crippen LogP contribution in [0, 0.1) is 11.8 Å². The van der Waals surface area contributed by atoms with Gasteiger partial charge in [-0.2, -0.15) is 16.1 Å². The smallest absolute Gasteiger partial charge is 0.262 e. The van der Waals surface area contributed by atoms with Crippen molar-refractivity contribution >= 4 is 27.7 Å². The monoisotopic (exact) mass is 372 g/mol. The van der Waals surface area contributed by atoms with Crippen LogP contribution in [0.1, 0.15) is 6.92 Å². The van der Waals surface area contributed by atoms with Gasteiger partial charge in [0.1, 0.15) is 18.4 Å². The number of carbonyl (C=O) groups excluding carboxylic acids is 1. The van der Waals surface area contributed by atoms with Gasteiger partial charge >= 0.3 is 0 Å². The van der Waals surface area contributed by atoms with Crippen molar-refractivity contribution in [3.05, 3.63) is 24.3 Å². The minimum atomic E-state index is -3.89. The molecule has 0 radical (unpaired) electrons. The summed E-state index contributed by atoms with van der Waals surface area (Å²) in [5.41, 5.74) is 1.50. The van der Waals surface area contributed by atoms with Crippen LogP contribution in [0.4, 0.5) is 0 Å². The molecular formula is C15H20N2O5S2. The van der Waals surface area contributed by atoms with E-state index in [1.165, 1.54) is 48.6 Å². The number of likely N-dealkylation sites (N-methyl/N-ethyl adjacent to an activating group) is 1. The predicted molar refractivity (Wildman–Crippen MR) is 92.4 cm³/mol. The van der Waals surface area contributed by atoms with Crippen LogP contribution in [0.3, 0.4) is 0 Å². The van der Waals surface area contributed by atoms with Gasteiger partial charge in [-0.25, -0.2) is 13.9 Å².